The van der Waals surface area contributed by atoms with Crippen LogP contribution in [-0.2, 0) is 15.7 Å². The second kappa shape index (κ2) is 10.2. The number of rotatable bonds is 10. The van der Waals surface area contributed by atoms with Crippen LogP contribution >= 0.6 is 0 Å². The topological polar surface area (TPSA) is 132 Å². The van der Waals surface area contributed by atoms with E-state index in [2.05, 4.69) is 9.72 Å². The summed E-state index contributed by atoms with van der Waals surface area (Å²) in [4.78, 5) is 25.9. The molecule has 0 fully saturated rings. The number of carboxylic acids is 1. The Labute approximate surface area is 178 Å². The first kappa shape index (κ1) is 27.3. The molecule has 0 aliphatic rings. The van der Waals surface area contributed by atoms with Gasteiger partial charge in [-0.3, -0.25) is 0 Å². The van der Waals surface area contributed by atoms with Crippen molar-refractivity contribution < 1.29 is 55.6 Å². The van der Waals surface area contributed by atoms with Gasteiger partial charge in [0.25, 0.3) is 5.60 Å². The summed E-state index contributed by atoms with van der Waals surface area (Å²) < 4.78 is 87.5. The molecule has 1 aromatic rings. The zero-order valence-electron chi connectivity index (χ0n) is 17.0. The largest absolute Gasteiger partial charge is 0.479 e. The van der Waals surface area contributed by atoms with E-state index < -0.39 is 65.2 Å². The normalized spacial score (nSPS) is 15.0. The Morgan fingerprint density at radius 3 is 2.22 bits per heavy atom. The molecule has 0 bridgehead atoms. The summed E-state index contributed by atoms with van der Waals surface area (Å²) in [5.74, 6) is -4.42. The number of aliphatic hydroxyl groups is 1. The molecule has 1 heterocycles. The number of anilines is 1. The number of nitrogens with two attached hydrogens (primary N) is 1. The molecule has 0 saturated heterocycles. The summed E-state index contributed by atoms with van der Waals surface area (Å²) in [7, 11) is 0.981. The van der Waals surface area contributed by atoms with Crippen molar-refractivity contribution in [3.05, 3.63) is 17.3 Å². The zero-order valence-corrected chi connectivity index (χ0v) is 17.0. The van der Waals surface area contributed by atoms with Crippen LogP contribution in [0.2, 0.25) is 0 Å². The lowest BCUT2D eigenvalue weighted by Crippen LogP contribution is -2.52. The van der Waals surface area contributed by atoms with E-state index in [0.29, 0.717) is 6.07 Å². The summed E-state index contributed by atoms with van der Waals surface area (Å²) >= 11 is 0. The van der Waals surface area contributed by atoms with Crippen LogP contribution in [0, 0.1) is 0 Å². The number of unbranched alkanes of at least 4 members (excludes halogenated alkanes) is 2. The molecule has 0 aromatic carbocycles. The number of carbonyl (C=O) groups excluding carboxylic acids is 1. The van der Waals surface area contributed by atoms with Crippen molar-refractivity contribution in [3.8, 4) is 5.88 Å². The lowest BCUT2D eigenvalue weighted by atomic mass is 9.95. The highest BCUT2D eigenvalue weighted by Gasteiger charge is 2.59. The van der Waals surface area contributed by atoms with Crippen LogP contribution < -0.4 is 10.5 Å². The third-order valence-electron chi connectivity index (χ3n) is 4.49. The molecule has 1 aromatic heterocycles. The molecule has 0 spiro atoms. The number of halogens is 6. The van der Waals surface area contributed by atoms with Gasteiger partial charge in [0, 0.05) is 0 Å². The molecule has 0 amide bonds. The Bertz CT molecular complexity index is 829. The number of hydrogen-bond acceptors (Lipinski definition) is 7. The van der Waals surface area contributed by atoms with Gasteiger partial charge in [0.1, 0.15) is 5.56 Å². The number of pyridine rings is 1. The maximum absolute atomic E-state index is 13.3. The third kappa shape index (κ3) is 6.61. The summed E-state index contributed by atoms with van der Waals surface area (Å²) in [6, 6.07) is 0.477. The number of carbonyl (C=O) groups is 2. The fourth-order valence-electron chi connectivity index (χ4n) is 2.67. The van der Waals surface area contributed by atoms with Crippen LogP contribution in [0.5, 0.6) is 5.88 Å². The highest BCUT2D eigenvalue weighted by Crippen LogP contribution is 2.38. The molecule has 14 heteroatoms. The number of carboxylic acid groups (broad SMARTS) is 1. The summed E-state index contributed by atoms with van der Waals surface area (Å²) in [5.41, 5.74) is -0.925. The third-order valence-corrected chi connectivity index (χ3v) is 4.49. The van der Waals surface area contributed by atoms with E-state index in [1.807, 2.05) is 0 Å². The van der Waals surface area contributed by atoms with Gasteiger partial charge in [-0.05, 0) is 38.7 Å². The highest BCUT2D eigenvalue weighted by atomic mass is 19.4. The van der Waals surface area contributed by atoms with Gasteiger partial charge in [0.15, 0.2) is 5.69 Å². The Balaban J connectivity index is 2.80. The van der Waals surface area contributed by atoms with Crippen molar-refractivity contribution >= 4 is 17.6 Å². The van der Waals surface area contributed by atoms with E-state index in [4.69, 9.17) is 15.6 Å². The molecule has 182 valence electrons. The molecule has 8 nitrogen and oxygen atoms in total. The number of hydrogen-bond donors (Lipinski definition) is 3. The average molecular weight is 476 g/mol. The van der Waals surface area contributed by atoms with Gasteiger partial charge in [0.2, 0.25) is 5.88 Å². The smallest absolute Gasteiger partial charge is 0.428 e. The number of aliphatic carboxylic acids is 1. The molecule has 0 aliphatic carbocycles. The first-order chi connectivity index (χ1) is 14.5. The average Bonchev–Trinajstić information content (AvgIpc) is 2.66. The Hall–Kier alpha value is -2.77. The molecule has 0 saturated carbocycles. The molecule has 0 aliphatic heterocycles. The van der Waals surface area contributed by atoms with Gasteiger partial charge in [-0.15, -0.1) is 0 Å². The fourth-order valence-corrected chi connectivity index (χ4v) is 2.67. The fraction of sp³-hybridized carbons (Fsp3) is 0.611. The van der Waals surface area contributed by atoms with Crippen LogP contribution in [-0.4, -0.2) is 52.1 Å². The maximum atomic E-state index is 13.3. The molecule has 1 rings (SSSR count). The number of nitrogen functional groups attached to an aromatic ring is 1. The SMILES string of the molecule is COC(=O)c1nc(O[C@@H](C)CCCCCC(O)(C(=O)O)C(F)(F)F)c(C(F)(F)F)cc1N. The molecular formula is C18H22F6N2O6. The van der Waals surface area contributed by atoms with Gasteiger partial charge in [-0.25, -0.2) is 14.6 Å². The molecule has 32 heavy (non-hydrogen) atoms. The minimum Gasteiger partial charge on any atom is -0.479 e. The van der Waals surface area contributed by atoms with E-state index >= 15 is 0 Å². The van der Waals surface area contributed by atoms with Gasteiger partial charge >= 0.3 is 24.3 Å². The van der Waals surface area contributed by atoms with E-state index in [9.17, 15) is 41.0 Å². The number of esters is 1. The van der Waals surface area contributed by atoms with Crippen molar-refractivity contribution in [2.24, 2.45) is 0 Å². The summed E-state index contributed by atoms with van der Waals surface area (Å²) in [6.07, 6.45) is -12.3. The van der Waals surface area contributed by atoms with Gasteiger partial charge in [-0.2, -0.15) is 26.3 Å². The molecule has 4 N–H and O–H groups in total. The number of alkyl halides is 6. The Morgan fingerprint density at radius 1 is 1.16 bits per heavy atom. The molecule has 0 radical (unpaired) electrons. The Morgan fingerprint density at radius 2 is 1.75 bits per heavy atom. The lowest BCUT2D eigenvalue weighted by molar-refractivity contribution is -0.262. The lowest BCUT2D eigenvalue weighted by Gasteiger charge is -2.26. The first-order valence-corrected chi connectivity index (χ1v) is 9.19. The van der Waals surface area contributed by atoms with E-state index in [-0.39, 0.29) is 25.7 Å². The minimum atomic E-state index is -5.36. The standard InChI is InChI=1S/C18H22F6N2O6/c1-9(6-4-3-5-7-16(30,15(28)29)18(22,23)24)32-13-10(17(19,20)21)8-11(25)12(26-13)14(27)31-2/h8-9,30H,3-7,25H2,1-2H3,(H,28,29)/t9-,16?/m0/s1. The number of ether oxygens (including phenoxy) is 2. The Kier molecular flexibility index (Phi) is 8.72. The number of aromatic nitrogens is 1. The molecular weight excluding hydrogens is 454 g/mol. The van der Waals surface area contributed by atoms with Gasteiger partial charge < -0.3 is 25.4 Å². The van der Waals surface area contributed by atoms with Crippen LogP contribution in [0.25, 0.3) is 0 Å². The molecule has 2 atom stereocenters. The number of methoxy groups -OCH3 is 1. The van der Waals surface area contributed by atoms with E-state index in [1.165, 1.54) is 6.92 Å². The van der Waals surface area contributed by atoms with E-state index in [1.54, 1.807) is 0 Å². The van der Waals surface area contributed by atoms with E-state index in [0.717, 1.165) is 7.11 Å². The van der Waals surface area contributed by atoms with Crippen LogP contribution in [0.1, 0.15) is 55.1 Å². The van der Waals surface area contributed by atoms with Crippen molar-refractivity contribution in [1.82, 2.24) is 4.98 Å². The monoisotopic (exact) mass is 476 g/mol. The number of nitrogens with zero attached hydrogens (tertiary/aromatic N) is 1. The van der Waals surface area contributed by atoms with Crippen LogP contribution in [0.3, 0.4) is 0 Å². The zero-order chi connectivity index (χ0) is 24.9. The van der Waals surface area contributed by atoms with Crippen molar-refractivity contribution in [1.29, 1.82) is 0 Å². The first-order valence-electron chi connectivity index (χ1n) is 9.19. The highest BCUT2D eigenvalue weighted by molar-refractivity contribution is 5.93. The van der Waals surface area contributed by atoms with Crippen molar-refractivity contribution in [2.75, 3.05) is 12.8 Å². The maximum Gasteiger partial charge on any atom is 0.428 e. The second-order valence-electron chi connectivity index (χ2n) is 6.96. The predicted octanol–water partition coefficient (Wildman–Crippen LogP) is 3.57. The second-order valence-corrected chi connectivity index (χ2v) is 6.96. The summed E-state index contributed by atoms with van der Waals surface area (Å²) in [6.45, 7) is 1.37. The minimum absolute atomic E-state index is 0.0358. The predicted molar refractivity (Wildman–Crippen MR) is 96.8 cm³/mol. The van der Waals surface area contributed by atoms with Gasteiger partial charge in [0.05, 0.1) is 18.9 Å². The summed E-state index contributed by atoms with van der Waals surface area (Å²) in [5, 5.41) is 18.0. The van der Waals surface area contributed by atoms with Crippen molar-refractivity contribution in [3.63, 3.8) is 0 Å². The quantitative estimate of drug-likeness (QED) is 0.265. The van der Waals surface area contributed by atoms with Gasteiger partial charge in [-0.1, -0.05) is 6.42 Å². The van der Waals surface area contributed by atoms with Crippen LogP contribution in [0.15, 0.2) is 6.07 Å². The molecule has 1 unspecified atom stereocenters. The van der Waals surface area contributed by atoms with Crippen LogP contribution in [0.4, 0.5) is 32.0 Å². The van der Waals surface area contributed by atoms with Crippen molar-refractivity contribution in [2.45, 2.75) is 63.1 Å².